The summed E-state index contributed by atoms with van der Waals surface area (Å²) >= 11 is 2.93. The van der Waals surface area contributed by atoms with Gasteiger partial charge in [-0.25, -0.2) is 4.98 Å². The zero-order valence-corrected chi connectivity index (χ0v) is 21.0. The lowest BCUT2D eigenvalue weighted by Gasteiger charge is -2.35. The Bertz CT molecular complexity index is 1230. The van der Waals surface area contributed by atoms with Gasteiger partial charge in [0.25, 0.3) is 5.56 Å². The number of carbonyl (C=O) groups excluding carboxylic acids is 1. The number of rotatable bonds is 4. The SMILES string of the molecule is CC(C)(C)c1ccc([C@@H](Cn2cnc3c4c(sc3c2=O)SCC(=O)N4)N2CCCCC2)cc1. The van der Waals surface area contributed by atoms with Crippen LogP contribution in [0, 0.1) is 0 Å². The van der Waals surface area contributed by atoms with Crippen molar-refractivity contribution in [1.29, 1.82) is 0 Å². The van der Waals surface area contributed by atoms with Gasteiger partial charge in [-0.05, 0) is 42.5 Å². The monoisotopic (exact) mass is 482 g/mol. The molecule has 0 saturated carbocycles. The van der Waals surface area contributed by atoms with Crippen LogP contribution in [-0.2, 0) is 16.8 Å². The van der Waals surface area contributed by atoms with Crippen LogP contribution in [0.15, 0.2) is 39.6 Å². The van der Waals surface area contributed by atoms with Gasteiger partial charge < -0.3 is 5.32 Å². The van der Waals surface area contributed by atoms with Crippen molar-refractivity contribution in [3.8, 4) is 0 Å². The average molecular weight is 483 g/mol. The number of hydrogen-bond acceptors (Lipinski definition) is 6. The highest BCUT2D eigenvalue weighted by Gasteiger charge is 2.27. The minimum Gasteiger partial charge on any atom is -0.322 e. The number of carbonyl (C=O) groups is 1. The first-order chi connectivity index (χ1) is 15.8. The second-order valence-corrected chi connectivity index (χ2v) is 12.2. The van der Waals surface area contributed by atoms with Gasteiger partial charge in [0.15, 0.2) is 0 Å². The first-order valence-electron chi connectivity index (χ1n) is 11.6. The number of anilines is 1. The molecule has 1 amide bonds. The smallest absolute Gasteiger partial charge is 0.271 e. The molecule has 33 heavy (non-hydrogen) atoms. The fourth-order valence-corrected chi connectivity index (χ4v) is 6.86. The topological polar surface area (TPSA) is 67.2 Å². The Labute approximate surface area is 202 Å². The van der Waals surface area contributed by atoms with E-state index < -0.39 is 0 Å². The van der Waals surface area contributed by atoms with Gasteiger partial charge in [0.2, 0.25) is 5.91 Å². The maximum absolute atomic E-state index is 13.5. The Hall–Kier alpha value is -2.16. The van der Waals surface area contributed by atoms with Crippen molar-refractivity contribution in [3.05, 3.63) is 52.1 Å². The number of thiophene rings is 1. The van der Waals surface area contributed by atoms with Gasteiger partial charge in [-0.2, -0.15) is 0 Å². The number of aromatic nitrogens is 2. The van der Waals surface area contributed by atoms with E-state index in [4.69, 9.17) is 0 Å². The molecule has 1 saturated heterocycles. The summed E-state index contributed by atoms with van der Waals surface area (Å²) in [6, 6.07) is 9.03. The second kappa shape index (κ2) is 8.89. The standard InChI is InChI=1S/C25H30N4O2S2/c1-25(2,3)17-9-7-16(8-10-17)18(28-11-5-4-6-12-28)13-29-15-26-20-21-24(32-14-19(30)27-21)33-22(20)23(29)31/h7-10,15,18H,4-6,11-14H2,1-3H3,(H,27,30)/t18-/m1/s1. The van der Waals surface area contributed by atoms with Crippen molar-refractivity contribution in [1.82, 2.24) is 14.5 Å². The van der Waals surface area contributed by atoms with Crippen LogP contribution in [0.4, 0.5) is 5.69 Å². The summed E-state index contributed by atoms with van der Waals surface area (Å²) in [5, 5.41) is 2.90. The van der Waals surface area contributed by atoms with Crippen LogP contribution in [0.3, 0.4) is 0 Å². The van der Waals surface area contributed by atoms with Crippen molar-refractivity contribution in [2.75, 3.05) is 24.2 Å². The summed E-state index contributed by atoms with van der Waals surface area (Å²) in [7, 11) is 0. The molecule has 174 valence electrons. The number of nitrogens with zero attached hydrogens (tertiary/aromatic N) is 3. The molecule has 2 aliphatic rings. The summed E-state index contributed by atoms with van der Waals surface area (Å²) in [5.74, 6) is 0.345. The molecule has 4 heterocycles. The van der Waals surface area contributed by atoms with Gasteiger partial charge in [0, 0.05) is 6.54 Å². The Morgan fingerprint density at radius 2 is 1.82 bits per heavy atom. The van der Waals surface area contributed by atoms with E-state index in [-0.39, 0.29) is 22.9 Å². The lowest BCUT2D eigenvalue weighted by molar-refractivity contribution is -0.113. The van der Waals surface area contributed by atoms with Crippen molar-refractivity contribution in [2.24, 2.45) is 0 Å². The lowest BCUT2D eigenvalue weighted by atomic mass is 9.86. The van der Waals surface area contributed by atoms with E-state index in [2.05, 4.69) is 60.2 Å². The minimum atomic E-state index is -0.0398. The van der Waals surface area contributed by atoms with Gasteiger partial charge in [-0.3, -0.25) is 19.1 Å². The quantitative estimate of drug-likeness (QED) is 0.565. The van der Waals surface area contributed by atoms with Crippen molar-refractivity contribution < 1.29 is 4.79 Å². The molecule has 0 unspecified atom stereocenters. The van der Waals surface area contributed by atoms with Gasteiger partial charge in [0.05, 0.1) is 28.0 Å². The summed E-state index contributed by atoms with van der Waals surface area (Å²) in [6.45, 7) is 9.35. The summed E-state index contributed by atoms with van der Waals surface area (Å²) < 4.78 is 3.35. The number of thioether (sulfide) groups is 1. The first-order valence-corrected chi connectivity index (χ1v) is 13.4. The lowest BCUT2D eigenvalue weighted by Crippen LogP contribution is -2.37. The number of hydrogen-bond donors (Lipinski definition) is 1. The molecular weight excluding hydrogens is 452 g/mol. The second-order valence-electron chi connectivity index (χ2n) is 9.97. The maximum atomic E-state index is 13.5. The molecule has 3 aromatic rings. The summed E-state index contributed by atoms with van der Waals surface area (Å²) in [6.07, 6.45) is 5.31. The van der Waals surface area contributed by atoms with E-state index in [9.17, 15) is 9.59 Å². The third-order valence-corrected chi connectivity index (χ3v) is 9.03. The predicted molar refractivity (Wildman–Crippen MR) is 137 cm³/mol. The number of likely N-dealkylation sites (tertiary alicyclic amines) is 1. The third-order valence-electron chi connectivity index (χ3n) is 6.59. The Balaban J connectivity index is 1.51. The zero-order valence-electron chi connectivity index (χ0n) is 19.4. The van der Waals surface area contributed by atoms with E-state index in [1.54, 1.807) is 10.9 Å². The molecule has 0 spiro atoms. The molecule has 1 fully saturated rings. The maximum Gasteiger partial charge on any atom is 0.271 e. The van der Waals surface area contributed by atoms with Gasteiger partial charge >= 0.3 is 0 Å². The number of amides is 1. The van der Waals surface area contributed by atoms with E-state index in [1.165, 1.54) is 53.5 Å². The van der Waals surface area contributed by atoms with Crippen LogP contribution < -0.4 is 10.9 Å². The fraction of sp³-hybridized carbons (Fsp3) is 0.480. The molecule has 0 radical (unpaired) electrons. The van der Waals surface area contributed by atoms with Crippen molar-refractivity contribution >= 4 is 44.9 Å². The van der Waals surface area contributed by atoms with Crippen LogP contribution in [0.25, 0.3) is 10.2 Å². The van der Waals surface area contributed by atoms with Crippen LogP contribution >= 0.6 is 23.1 Å². The number of benzene rings is 1. The molecule has 1 aromatic carbocycles. The fourth-order valence-electron chi connectivity index (χ4n) is 4.68. The molecule has 5 rings (SSSR count). The Morgan fingerprint density at radius 3 is 2.52 bits per heavy atom. The molecule has 1 atom stereocenters. The van der Waals surface area contributed by atoms with Gasteiger partial charge in [-0.1, -0.05) is 51.5 Å². The number of piperidine rings is 1. The molecule has 0 bridgehead atoms. The molecule has 2 aliphatic heterocycles. The molecule has 1 N–H and O–H groups in total. The van der Waals surface area contributed by atoms with Gasteiger partial charge in [0.1, 0.15) is 10.2 Å². The van der Waals surface area contributed by atoms with E-state index in [1.807, 2.05) is 0 Å². The molecule has 2 aromatic heterocycles. The minimum absolute atomic E-state index is 0.0254. The van der Waals surface area contributed by atoms with E-state index >= 15 is 0 Å². The van der Waals surface area contributed by atoms with E-state index in [0.717, 1.165) is 17.3 Å². The highest BCUT2D eigenvalue weighted by Crippen LogP contribution is 2.42. The highest BCUT2D eigenvalue weighted by atomic mass is 32.2. The normalized spacial score (nSPS) is 18.2. The number of fused-ring (bicyclic) bond motifs is 3. The summed E-state index contributed by atoms with van der Waals surface area (Å²) in [4.78, 5) is 32.4. The molecule has 0 aliphatic carbocycles. The van der Waals surface area contributed by atoms with Crippen molar-refractivity contribution in [3.63, 3.8) is 0 Å². The number of nitrogens with one attached hydrogen (secondary N) is 1. The summed E-state index contributed by atoms with van der Waals surface area (Å²) in [5.41, 5.74) is 3.95. The van der Waals surface area contributed by atoms with Crippen LogP contribution in [0.1, 0.15) is 57.2 Å². The van der Waals surface area contributed by atoms with Crippen molar-refractivity contribution in [2.45, 2.75) is 62.2 Å². The molecule has 6 nitrogen and oxygen atoms in total. The molecular formula is C25H30N4O2S2. The Kier molecular flexibility index (Phi) is 6.09. The zero-order chi connectivity index (χ0) is 23.2. The van der Waals surface area contributed by atoms with Crippen LogP contribution in [0.5, 0.6) is 0 Å². The van der Waals surface area contributed by atoms with Crippen LogP contribution in [0.2, 0.25) is 0 Å². The molecule has 8 heteroatoms. The average Bonchev–Trinajstić information content (AvgIpc) is 3.17. The third kappa shape index (κ3) is 4.48. The van der Waals surface area contributed by atoms with E-state index in [0.29, 0.717) is 28.2 Å². The highest BCUT2D eigenvalue weighted by molar-refractivity contribution is 8.02. The van der Waals surface area contributed by atoms with Crippen LogP contribution in [-0.4, -0.2) is 39.2 Å². The predicted octanol–water partition coefficient (Wildman–Crippen LogP) is 5.03. The Morgan fingerprint density at radius 1 is 1.09 bits per heavy atom. The van der Waals surface area contributed by atoms with Gasteiger partial charge in [-0.15, -0.1) is 23.1 Å². The first kappa shape index (κ1) is 22.6. The largest absolute Gasteiger partial charge is 0.322 e.